The number of nitriles is 1. The number of hydrogen-bond acceptors (Lipinski definition) is 7. The van der Waals surface area contributed by atoms with E-state index in [9.17, 15) is 10.1 Å². The van der Waals surface area contributed by atoms with Gasteiger partial charge in [-0.1, -0.05) is 59.3 Å². The van der Waals surface area contributed by atoms with E-state index in [1.807, 2.05) is 61.5 Å². The molecule has 1 amide bonds. The molecule has 5 rings (SSSR count). The van der Waals surface area contributed by atoms with Crippen molar-refractivity contribution in [2.45, 2.75) is 19.0 Å². The van der Waals surface area contributed by atoms with Gasteiger partial charge in [-0.3, -0.25) is 14.9 Å². The molecule has 10 heteroatoms. The zero-order valence-corrected chi connectivity index (χ0v) is 22.9. The topological polar surface area (TPSA) is 123 Å². The second-order valence-corrected chi connectivity index (χ2v) is 10.00. The van der Waals surface area contributed by atoms with Crippen LogP contribution in [0.3, 0.4) is 0 Å². The fourth-order valence-corrected chi connectivity index (χ4v) is 4.85. The van der Waals surface area contributed by atoms with Crippen LogP contribution in [0, 0.1) is 11.3 Å². The Hall–Kier alpha value is -4.94. The maximum atomic E-state index is 12.7. The second-order valence-electron chi connectivity index (χ2n) is 9.59. The molecule has 0 bridgehead atoms. The van der Waals surface area contributed by atoms with Crippen molar-refractivity contribution in [1.82, 2.24) is 25.3 Å². The van der Waals surface area contributed by atoms with E-state index in [1.54, 1.807) is 32.4 Å². The van der Waals surface area contributed by atoms with Crippen LogP contribution < -0.4 is 10.6 Å². The molecule has 0 saturated heterocycles. The van der Waals surface area contributed by atoms with E-state index < -0.39 is 6.04 Å². The van der Waals surface area contributed by atoms with Gasteiger partial charge in [0.25, 0.3) is 5.91 Å². The van der Waals surface area contributed by atoms with Gasteiger partial charge >= 0.3 is 0 Å². The van der Waals surface area contributed by atoms with Crippen molar-refractivity contribution in [3.8, 4) is 6.07 Å². The van der Waals surface area contributed by atoms with E-state index in [0.717, 1.165) is 11.1 Å². The van der Waals surface area contributed by atoms with E-state index in [4.69, 9.17) is 11.6 Å². The quantitative estimate of drug-likeness (QED) is 0.218. The first-order valence-electron chi connectivity index (χ1n) is 12.6. The third-order valence-corrected chi connectivity index (χ3v) is 6.91. The molecule has 0 aliphatic carbocycles. The normalized spacial score (nSPS) is 12.4. The number of aromatic amines is 1. The molecule has 0 saturated carbocycles. The summed E-state index contributed by atoms with van der Waals surface area (Å²) < 4.78 is 0. The minimum atomic E-state index is -0.450. The molecule has 5 aromatic rings. The molecule has 0 aliphatic heterocycles. The number of halogens is 1. The first kappa shape index (κ1) is 26.7. The molecule has 2 heterocycles. The van der Waals surface area contributed by atoms with E-state index in [1.165, 1.54) is 11.1 Å². The van der Waals surface area contributed by atoms with Crippen LogP contribution in [0.5, 0.6) is 0 Å². The molecule has 0 fully saturated rings. The average Bonchev–Trinajstić information content (AvgIpc) is 3.51. The number of nitrogens with zero attached hydrogens (tertiary/aromatic N) is 5. The van der Waals surface area contributed by atoms with Gasteiger partial charge in [0, 0.05) is 49.2 Å². The minimum Gasteiger partial charge on any atom is -0.377 e. The fourth-order valence-electron chi connectivity index (χ4n) is 4.58. The molecule has 0 aliphatic rings. The molecule has 9 nitrogen and oxygen atoms in total. The molecule has 2 aromatic heterocycles. The lowest BCUT2D eigenvalue weighted by atomic mass is 10.00. The van der Waals surface area contributed by atoms with Gasteiger partial charge in [-0.25, -0.2) is 0 Å². The van der Waals surface area contributed by atoms with Crippen molar-refractivity contribution in [2.75, 3.05) is 24.7 Å². The molecule has 3 aromatic carbocycles. The third kappa shape index (κ3) is 5.44. The Morgan fingerprint density at radius 1 is 1.05 bits per heavy atom. The molecular formula is C30H27ClN8O. The summed E-state index contributed by atoms with van der Waals surface area (Å²) in [6.07, 6.45) is 3.23. The van der Waals surface area contributed by atoms with Crippen LogP contribution in [-0.2, 0) is 0 Å². The number of aromatic nitrogens is 4. The van der Waals surface area contributed by atoms with Crippen LogP contribution in [0.2, 0.25) is 5.02 Å². The molecule has 200 valence electrons. The number of fused-ring (bicyclic) bond motifs is 1. The van der Waals surface area contributed by atoms with E-state index >= 15 is 0 Å². The number of nitrogens with one attached hydrogen (secondary N) is 3. The van der Waals surface area contributed by atoms with Crippen molar-refractivity contribution < 1.29 is 4.79 Å². The van der Waals surface area contributed by atoms with Gasteiger partial charge in [0.05, 0.1) is 27.8 Å². The van der Waals surface area contributed by atoms with Crippen molar-refractivity contribution in [1.29, 1.82) is 5.26 Å². The number of pyridine rings is 1. The largest absolute Gasteiger partial charge is 0.377 e. The lowest BCUT2D eigenvalue weighted by Crippen LogP contribution is -2.22. The summed E-state index contributed by atoms with van der Waals surface area (Å²) in [6, 6.07) is 22.8. The van der Waals surface area contributed by atoms with E-state index in [-0.39, 0.29) is 11.9 Å². The standard InChI is InChI=1S/C30H27ClN8O/c1-18(19-8-5-4-6-9-19)35-27-22(15-32)16-33-29-24(27)13-23(14-25(29)31)36-28(26-17-34-38-37-26)20-10-7-11-21(12-20)30(40)39(2)3/h4-14,16-18,28,36H,1-3H3,(H,33,35)(H,34,37,38)/t18-,28+/m1/s1. The van der Waals surface area contributed by atoms with E-state index in [2.05, 4.69) is 37.1 Å². The monoisotopic (exact) mass is 550 g/mol. The number of anilines is 2. The van der Waals surface area contributed by atoms with Gasteiger partial charge in [0.15, 0.2) is 0 Å². The SMILES string of the molecule is C[C@@H](Nc1c(C#N)cnc2c(Cl)cc(N[C@@H](c3cccc(C(=O)N(C)C)c3)c3c[nH]nn3)cc12)c1ccccc1. The Morgan fingerprint density at radius 3 is 2.52 bits per heavy atom. The minimum absolute atomic E-state index is 0.0749. The molecule has 3 N–H and O–H groups in total. The summed E-state index contributed by atoms with van der Waals surface area (Å²) in [5.74, 6) is -0.104. The highest BCUT2D eigenvalue weighted by Gasteiger charge is 2.21. The molecule has 0 radical (unpaired) electrons. The number of carbonyl (C=O) groups is 1. The number of carbonyl (C=O) groups excluding carboxylic acids is 1. The van der Waals surface area contributed by atoms with Crippen molar-refractivity contribution in [3.05, 3.63) is 112 Å². The van der Waals surface area contributed by atoms with Crippen LogP contribution >= 0.6 is 11.6 Å². The summed E-state index contributed by atoms with van der Waals surface area (Å²) >= 11 is 6.74. The molecule has 0 spiro atoms. The van der Waals surface area contributed by atoms with Crippen molar-refractivity contribution in [2.24, 2.45) is 0 Å². The van der Waals surface area contributed by atoms with Crippen LogP contribution in [0.15, 0.2) is 79.1 Å². The maximum absolute atomic E-state index is 12.7. The highest BCUT2D eigenvalue weighted by atomic mass is 35.5. The fraction of sp³-hybridized carbons (Fsp3) is 0.167. The third-order valence-electron chi connectivity index (χ3n) is 6.62. The zero-order valence-electron chi connectivity index (χ0n) is 22.2. The second kappa shape index (κ2) is 11.4. The molecular weight excluding hydrogens is 524 g/mol. The Kier molecular flexibility index (Phi) is 7.62. The predicted octanol–water partition coefficient (Wildman–Crippen LogP) is 5.95. The number of amides is 1. The first-order chi connectivity index (χ1) is 19.4. The summed E-state index contributed by atoms with van der Waals surface area (Å²) in [5, 5.41) is 28.9. The molecule has 40 heavy (non-hydrogen) atoms. The Labute approximate surface area is 236 Å². The van der Waals surface area contributed by atoms with Gasteiger partial charge in [-0.05, 0) is 42.3 Å². The van der Waals surface area contributed by atoms with Crippen LogP contribution in [0.25, 0.3) is 10.9 Å². The summed E-state index contributed by atoms with van der Waals surface area (Å²) in [5.41, 5.74) is 5.39. The number of H-pyrrole nitrogens is 1. The molecule has 2 atom stereocenters. The highest BCUT2D eigenvalue weighted by molar-refractivity contribution is 6.35. The summed E-state index contributed by atoms with van der Waals surface area (Å²) in [4.78, 5) is 18.7. The van der Waals surface area contributed by atoms with Gasteiger partial charge in [0.1, 0.15) is 11.8 Å². The average molecular weight is 551 g/mol. The van der Waals surface area contributed by atoms with Crippen LogP contribution in [0.1, 0.15) is 51.7 Å². The van der Waals surface area contributed by atoms with Crippen LogP contribution in [-0.4, -0.2) is 45.3 Å². The first-order valence-corrected chi connectivity index (χ1v) is 13.0. The highest BCUT2D eigenvalue weighted by Crippen LogP contribution is 2.36. The number of benzene rings is 3. The smallest absolute Gasteiger partial charge is 0.253 e. The van der Waals surface area contributed by atoms with Gasteiger partial charge in [-0.15, -0.1) is 5.10 Å². The Balaban J connectivity index is 1.58. The predicted molar refractivity (Wildman–Crippen MR) is 156 cm³/mol. The Morgan fingerprint density at radius 2 is 1.82 bits per heavy atom. The number of hydrogen-bond donors (Lipinski definition) is 3. The lowest BCUT2D eigenvalue weighted by Gasteiger charge is -2.22. The van der Waals surface area contributed by atoms with Crippen molar-refractivity contribution in [3.63, 3.8) is 0 Å². The van der Waals surface area contributed by atoms with Gasteiger partial charge in [0.2, 0.25) is 0 Å². The lowest BCUT2D eigenvalue weighted by molar-refractivity contribution is 0.0827. The maximum Gasteiger partial charge on any atom is 0.253 e. The van der Waals surface area contributed by atoms with Gasteiger partial charge < -0.3 is 15.5 Å². The van der Waals surface area contributed by atoms with Gasteiger partial charge in [-0.2, -0.15) is 5.26 Å². The summed E-state index contributed by atoms with van der Waals surface area (Å²) in [7, 11) is 3.43. The van der Waals surface area contributed by atoms with E-state index in [0.29, 0.717) is 44.1 Å². The molecule has 0 unspecified atom stereocenters. The summed E-state index contributed by atoms with van der Waals surface area (Å²) in [6.45, 7) is 2.04. The number of rotatable bonds is 8. The Bertz CT molecular complexity index is 1700. The zero-order chi connectivity index (χ0) is 28.2. The van der Waals surface area contributed by atoms with Crippen LogP contribution in [0.4, 0.5) is 11.4 Å². The van der Waals surface area contributed by atoms with Crippen molar-refractivity contribution >= 4 is 39.8 Å².